The van der Waals surface area contributed by atoms with Crippen LogP contribution in [0, 0.1) is 11.3 Å². The van der Waals surface area contributed by atoms with E-state index in [1.165, 1.54) is 18.4 Å². The van der Waals surface area contributed by atoms with Crippen LogP contribution in [-0.2, 0) is 27.2 Å². The first kappa shape index (κ1) is 22.3. The second-order valence-corrected chi connectivity index (χ2v) is 10.6. The Morgan fingerprint density at radius 3 is 2.62 bits per heavy atom. The Bertz CT molecular complexity index is 1070. The number of nitrogens with one attached hydrogen (secondary N) is 3. The average molecular weight is 456 g/mol. The molecule has 170 valence electrons. The van der Waals surface area contributed by atoms with Gasteiger partial charge in [-0.05, 0) is 48.3 Å². The molecule has 2 aromatic rings. The van der Waals surface area contributed by atoms with Crippen LogP contribution in [0.2, 0.25) is 0 Å². The van der Waals surface area contributed by atoms with E-state index >= 15 is 0 Å². The van der Waals surface area contributed by atoms with E-state index in [0.29, 0.717) is 22.2 Å². The van der Waals surface area contributed by atoms with Crippen LogP contribution in [0.25, 0.3) is 0 Å². The van der Waals surface area contributed by atoms with Crippen molar-refractivity contribution in [2.75, 3.05) is 23.1 Å². The summed E-state index contributed by atoms with van der Waals surface area (Å²) >= 11 is 1.45. The van der Waals surface area contributed by atoms with E-state index in [1.54, 1.807) is 6.07 Å². The molecule has 0 fully saturated rings. The summed E-state index contributed by atoms with van der Waals surface area (Å²) in [7, 11) is 1.35. The van der Waals surface area contributed by atoms with E-state index in [0.717, 1.165) is 35.4 Å². The van der Waals surface area contributed by atoms with Gasteiger partial charge in [0.1, 0.15) is 11.0 Å². The minimum absolute atomic E-state index is 0.0477. The number of carbonyl (C=O) groups is 3. The zero-order chi connectivity index (χ0) is 23.0. The Labute approximate surface area is 191 Å². The largest absolute Gasteiger partial charge is 0.465 e. The number of amides is 2. The fourth-order valence-electron chi connectivity index (χ4n) is 4.43. The third-order valence-electron chi connectivity index (χ3n) is 6.35. The third-order valence-corrected chi connectivity index (χ3v) is 7.52. The molecule has 0 saturated carbocycles. The number of hydrogen-bond acceptors (Lipinski definition) is 6. The number of thiophene rings is 1. The third kappa shape index (κ3) is 4.37. The molecule has 0 radical (unpaired) electrons. The Hall–Kier alpha value is -2.87. The zero-order valence-corrected chi connectivity index (χ0v) is 19.7. The number of methoxy groups -OCH3 is 1. The van der Waals surface area contributed by atoms with E-state index in [4.69, 9.17) is 4.74 Å². The molecule has 32 heavy (non-hydrogen) atoms. The topological polar surface area (TPSA) is 96.5 Å². The summed E-state index contributed by atoms with van der Waals surface area (Å²) in [6.45, 7) is 6.71. The number of esters is 1. The summed E-state index contributed by atoms with van der Waals surface area (Å²) in [5, 5.41) is 9.35. The van der Waals surface area contributed by atoms with Crippen LogP contribution >= 0.6 is 11.3 Å². The van der Waals surface area contributed by atoms with Gasteiger partial charge >= 0.3 is 5.97 Å². The lowest BCUT2D eigenvalue weighted by Gasteiger charge is -2.33. The first-order valence-electron chi connectivity index (χ1n) is 10.9. The van der Waals surface area contributed by atoms with Crippen molar-refractivity contribution in [2.24, 2.45) is 11.3 Å². The van der Waals surface area contributed by atoms with E-state index in [2.05, 4.69) is 36.7 Å². The van der Waals surface area contributed by atoms with Crippen molar-refractivity contribution in [1.29, 1.82) is 0 Å². The van der Waals surface area contributed by atoms with E-state index in [1.807, 2.05) is 18.2 Å². The lowest BCUT2D eigenvalue weighted by Crippen LogP contribution is -2.41. The van der Waals surface area contributed by atoms with Crippen molar-refractivity contribution in [3.8, 4) is 0 Å². The molecule has 1 aliphatic carbocycles. The fraction of sp³-hybridized carbons (Fsp3) is 0.458. The average Bonchev–Trinajstić information content (AvgIpc) is 3.09. The molecule has 0 saturated heterocycles. The summed E-state index contributed by atoms with van der Waals surface area (Å²) in [5.41, 5.74) is 3.09. The fourth-order valence-corrected chi connectivity index (χ4v) is 5.76. The van der Waals surface area contributed by atoms with Crippen LogP contribution < -0.4 is 16.0 Å². The molecule has 8 heteroatoms. The van der Waals surface area contributed by atoms with Gasteiger partial charge in [-0.25, -0.2) is 4.79 Å². The number of para-hydroxylation sites is 2. The van der Waals surface area contributed by atoms with Crippen molar-refractivity contribution in [2.45, 2.75) is 52.5 Å². The number of hydrogen-bond donors (Lipinski definition) is 3. The molecular weight excluding hydrogens is 426 g/mol. The zero-order valence-electron chi connectivity index (χ0n) is 18.8. The van der Waals surface area contributed by atoms with Crippen LogP contribution in [0.1, 0.15) is 54.4 Å². The first-order valence-corrected chi connectivity index (χ1v) is 11.7. The lowest BCUT2D eigenvalue weighted by atomic mass is 9.72. The molecule has 0 spiro atoms. The Morgan fingerprint density at radius 2 is 1.94 bits per heavy atom. The highest BCUT2D eigenvalue weighted by molar-refractivity contribution is 7.17. The molecule has 3 N–H and O–H groups in total. The number of carbonyl (C=O) groups excluding carboxylic acids is 3. The maximum absolute atomic E-state index is 12.9. The molecule has 1 aromatic heterocycles. The van der Waals surface area contributed by atoms with Gasteiger partial charge in [-0.15, -0.1) is 11.3 Å². The Kier molecular flexibility index (Phi) is 5.99. The van der Waals surface area contributed by atoms with Gasteiger partial charge in [0, 0.05) is 4.88 Å². The Balaban J connectivity index is 1.53. The standard InChI is InChI=1S/C24H29N3O4S/c1-24(2,3)13-9-10-14-18(11-13)32-22(20(14)23(30)31-4)27-19(28)12-17-21(29)26-16-8-6-5-7-15(16)25-17/h5-8,13,17,25H,9-12H2,1-4H3,(H,26,29)(H,27,28)/t13-,17-/m0/s1. The highest BCUT2D eigenvalue weighted by Crippen LogP contribution is 2.44. The maximum atomic E-state index is 12.9. The first-order chi connectivity index (χ1) is 15.2. The molecule has 2 amide bonds. The van der Waals surface area contributed by atoms with Crippen LogP contribution in [0.5, 0.6) is 0 Å². The van der Waals surface area contributed by atoms with Gasteiger partial charge in [-0.1, -0.05) is 32.9 Å². The van der Waals surface area contributed by atoms with Crippen molar-refractivity contribution < 1.29 is 19.1 Å². The quantitative estimate of drug-likeness (QED) is 0.592. The number of benzene rings is 1. The van der Waals surface area contributed by atoms with Gasteiger partial charge in [0.25, 0.3) is 0 Å². The minimum atomic E-state index is -0.689. The molecule has 2 atom stereocenters. The van der Waals surface area contributed by atoms with E-state index in [9.17, 15) is 14.4 Å². The second kappa shape index (κ2) is 8.58. The van der Waals surface area contributed by atoms with Crippen molar-refractivity contribution in [3.63, 3.8) is 0 Å². The van der Waals surface area contributed by atoms with Crippen LogP contribution in [0.15, 0.2) is 24.3 Å². The van der Waals surface area contributed by atoms with Gasteiger partial charge in [-0.3, -0.25) is 9.59 Å². The van der Waals surface area contributed by atoms with Crippen molar-refractivity contribution in [1.82, 2.24) is 0 Å². The second-order valence-electron chi connectivity index (χ2n) is 9.49. The summed E-state index contributed by atoms with van der Waals surface area (Å²) in [4.78, 5) is 39.0. The van der Waals surface area contributed by atoms with Crippen molar-refractivity contribution >= 4 is 45.5 Å². The summed E-state index contributed by atoms with van der Waals surface area (Å²) in [5.74, 6) is -0.508. The molecule has 0 bridgehead atoms. The summed E-state index contributed by atoms with van der Waals surface area (Å²) in [6.07, 6.45) is 2.62. The molecule has 0 unspecified atom stereocenters. The van der Waals surface area contributed by atoms with Crippen LogP contribution in [-0.4, -0.2) is 30.9 Å². The predicted molar refractivity (Wildman–Crippen MR) is 126 cm³/mol. The van der Waals surface area contributed by atoms with Gasteiger partial charge in [0.2, 0.25) is 11.8 Å². The highest BCUT2D eigenvalue weighted by Gasteiger charge is 2.35. The minimum Gasteiger partial charge on any atom is -0.465 e. The van der Waals surface area contributed by atoms with E-state index in [-0.39, 0.29) is 23.7 Å². The number of anilines is 3. The molecular formula is C24H29N3O4S. The summed E-state index contributed by atoms with van der Waals surface area (Å²) in [6, 6.07) is 6.68. The predicted octanol–water partition coefficient (Wildman–Crippen LogP) is 4.45. The molecule has 2 aliphatic rings. The number of rotatable bonds is 4. The van der Waals surface area contributed by atoms with Gasteiger partial charge in [0.05, 0.1) is 30.5 Å². The van der Waals surface area contributed by atoms with Gasteiger partial charge in [0.15, 0.2) is 0 Å². The maximum Gasteiger partial charge on any atom is 0.341 e. The SMILES string of the molecule is COC(=O)c1c(NC(=O)C[C@@H]2Nc3ccccc3NC2=O)sc2c1CC[C@H](C(C)(C)C)C2. The smallest absolute Gasteiger partial charge is 0.341 e. The van der Waals surface area contributed by atoms with Crippen LogP contribution in [0.3, 0.4) is 0 Å². The number of ether oxygens (including phenoxy) is 1. The Morgan fingerprint density at radius 1 is 1.22 bits per heavy atom. The monoisotopic (exact) mass is 455 g/mol. The molecule has 7 nitrogen and oxygen atoms in total. The van der Waals surface area contributed by atoms with Gasteiger partial charge in [-0.2, -0.15) is 0 Å². The van der Waals surface area contributed by atoms with E-state index < -0.39 is 12.0 Å². The molecule has 1 aliphatic heterocycles. The van der Waals surface area contributed by atoms with Gasteiger partial charge < -0.3 is 20.7 Å². The molecule has 4 rings (SSSR count). The molecule has 1 aromatic carbocycles. The normalized spacial score (nSPS) is 19.8. The number of fused-ring (bicyclic) bond motifs is 2. The van der Waals surface area contributed by atoms with Crippen molar-refractivity contribution in [3.05, 3.63) is 40.3 Å². The van der Waals surface area contributed by atoms with Crippen LogP contribution in [0.4, 0.5) is 16.4 Å². The molecule has 2 heterocycles. The lowest BCUT2D eigenvalue weighted by molar-refractivity contribution is -0.122. The summed E-state index contributed by atoms with van der Waals surface area (Å²) < 4.78 is 5.02. The highest BCUT2D eigenvalue weighted by atomic mass is 32.1.